The van der Waals surface area contributed by atoms with Crippen LogP contribution in [0.1, 0.15) is 13.3 Å². The summed E-state index contributed by atoms with van der Waals surface area (Å²) in [5.74, 6) is 0.606. The summed E-state index contributed by atoms with van der Waals surface area (Å²) in [5.41, 5.74) is 0. The summed E-state index contributed by atoms with van der Waals surface area (Å²) in [6.07, 6.45) is 1.08. The van der Waals surface area contributed by atoms with Gasteiger partial charge in [-0.15, -0.1) is 0 Å². The standard InChI is InChI=1S/C4H8O/c1-3-2-4(3)5/h3-5H,2H2,1H3/t3-,4-/m1/s1. The highest BCUT2D eigenvalue weighted by atomic mass is 16.3. The van der Waals surface area contributed by atoms with Gasteiger partial charge in [-0.05, 0) is 12.3 Å². The van der Waals surface area contributed by atoms with Crippen LogP contribution in [0.5, 0.6) is 0 Å². The molecule has 0 amide bonds. The molecule has 1 aliphatic rings. The van der Waals surface area contributed by atoms with Crippen molar-refractivity contribution in [3.63, 3.8) is 0 Å². The highest BCUT2D eigenvalue weighted by molar-refractivity contribution is 4.80. The normalized spacial score (nSPS) is 49.2. The summed E-state index contributed by atoms with van der Waals surface area (Å²) in [6.45, 7) is 2.05. The fourth-order valence-electron chi connectivity index (χ4n) is 0.302. The summed E-state index contributed by atoms with van der Waals surface area (Å²) in [7, 11) is 0. The number of hydrogen-bond donors (Lipinski definition) is 1. The van der Waals surface area contributed by atoms with Gasteiger partial charge >= 0.3 is 0 Å². The highest BCUT2D eigenvalue weighted by Gasteiger charge is 2.29. The van der Waals surface area contributed by atoms with E-state index in [2.05, 4.69) is 0 Å². The molecule has 1 saturated carbocycles. The van der Waals surface area contributed by atoms with Crippen LogP contribution in [0, 0.1) is 5.92 Å². The molecule has 1 N–H and O–H groups in total. The van der Waals surface area contributed by atoms with Crippen molar-refractivity contribution >= 4 is 0 Å². The van der Waals surface area contributed by atoms with Gasteiger partial charge in [0.2, 0.25) is 0 Å². The van der Waals surface area contributed by atoms with E-state index in [1.54, 1.807) is 0 Å². The largest absolute Gasteiger partial charge is 0.393 e. The molecule has 0 spiro atoms. The Bertz CT molecular complexity index is 36.9. The monoisotopic (exact) mass is 72.1 g/mol. The van der Waals surface area contributed by atoms with E-state index in [-0.39, 0.29) is 6.10 Å². The third-order valence-electron chi connectivity index (χ3n) is 1.07. The van der Waals surface area contributed by atoms with Crippen molar-refractivity contribution < 1.29 is 5.11 Å². The zero-order chi connectivity index (χ0) is 3.86. The van der Waals surface area contributed by atoms with Gasteiger partial charge < -0.3 is 5.11 Å². The second-order valence-corrected chi connectivity index (χ2v) is 1.78. The summed E-state index contributed by atoms with van der Waals surface area (Å²) in [5, 5.41) is 8.44. The van der Waals surface area contributed by atoms with Crippen LogP contribution in [0.25, 0.3) is 0 Å². The van der Waals surface area contributed by atoms with Gasteiger partial charge in [-0.2, -0.15) is 0 Å². The minimum atomic E-state index is 0.0509. The molecular formula is C4H8O. The Hall–Kier alpha value is -0.0400. The Labute approximate surface area is 31.6 Å². The lowest BCUT2D eigenvalue weighted by atomic mass is 10.5. The van der Waals surface area contributed by atoms with Crippen molar-refractivity contribution in [1.29, 1.82) is 0 Å². The Kier molecular flexibility index (Phi) is 0.453. The second kappa shape index (κ2) is 0.716. The highest BCUT2D eigenvalue weighted by Crippen LogP contribution is 2.27. The Morgan fingerprint density at radius 2 is 2.00 bits per heavy atom. The first-order valence-electron chi connectivity index (χ1n) is 1.99. The van der Waals surface area contributed by atoms with Crippen LogP contribution in [0.4, 0.5) is 0 Å². The van der Waals surface area contributed by atoms with Crippen molar-refractivity contribution in [3.8, 4) is 0 Å². The molecule has 1 rings (SSSR count). The molecule has 0 bridgehead atoms. The van der Waals surface area contributed by atoms with Crippen LogP contribution in [0.3, 0.4) is 0 Å². The zero-order valence-corrected chi connectivity index (χ0v) is 3.31. The molecule has 0 aromatic carbocycles. The van der Waals surface area contributed by atoms with E-state index in [0.29, 0.717) is 5.92 Å². The number of aliphatic hydroxyl groups is 1. The van der Waals surface area contributed by atoms with Crippen molar-refractivity contribution in [3.05, 3.63) is 0 Å². The van der Waals surface area contributed by atoms with E-state index in [9.17, 15) is 0 Å². The fourth-order valence-corrected chi connectivity index (χ4v) is 0.302. The number of aliphatic hydroxyl groups excluding tert-OH is 1. The van der Waals surface area contributed by atoms with Crippen molar-refractivity contribution in [2.45, 2.75) is 19.4 Å². The van der Waals surface area contributed by atoms with Crippen LogP contribution >= 0.6 is 0 Å². The van der Waals surface area contributed by atoms with Gasteiger partial charge in [0.15, 0.2) is 0 Å². The third-order valence-corrected chi connectivity index (χ3v) is 1.07. The predicted octanol–water partition coefficient (Wildman–Crippen LogP) is 0.387. The quantitative estimate of drug-likeness (QED) is 0.439. The van der Waals surface area contributed by atoms with E-state index < -0.39 is 0 Å². The molecule has 1 fully saturated rings. The third kappa shape index (κ3) is 0.428. The molecular weight excluding hydrogens is 64.0 g/mol. The zero-order valence-electron chi connectivity index (χ0n) is 3.31. The first-order chi connectivity index (χ1) is 2.30. The van der Waals surface area contributed by atoms with Gasteiger partial charge in [0.25, 0.3) is 0 Å². The molecule has 0 radical (unpaired) electrons. The topological polar surface area (TPSA) is 20.2 Å². The molecule has 0 saturated heterocycles. The first-order valence-corrected chi connectivity index (χ1v) is 1.99. The molecule has 30 valence electrons. The smallest absolute Gasteiger partial charge is 0.0570 e. The predicted molar refractivity (Wildman–Crippen MR) is 19.8 cm³/mol. The minimum Gasteiger partial charge on any atom is -0.393 e. The Balaban J connectivity index is 2.20. The molecule has 0 aromatic rings. The minimum absolute atomic E-state index is 0.0509. The molecule has 5 heavy (non-hydrogen) atoms. The van der Waals surface area contributed by atoms with Gasteiger partial charge in [-0.3, -0.25) is 0 Å². The van der Waals surface area contributed by atoms with Gasteiger partial charge in [-0.25, -0.2) is 0 Å². The number of hydrogen-bond acceptors (Lipinski definition) is 1. The molecule has 1 aliphatic carbocycles. The average molecular weight is 72.1 g/mol. The lowest BCUT2D eigenvalue weighted by Crippen LogP contribution is -1.74. The van der Waals surface area contributed by atoms with E-state index in [4.69, 9.17) is 5.11 Å². The van der Waals surface area contributed by atoms with E-state index >= 15 is 0 Å². The maximum absolute atomic E-state index is 8.44. The van der Waals surface area contributed by atoms with E-state index in [1.165, 1.54) is 0 Å². The summed E-state index contributed by atoms with van der Waals surface area (Å²) < 4.78 is 0. The van der Waals surface area contributed by atoms with Gasteiger partial charge in [0.05, 0.1) is 6.10 Å². The SMILES string of the molecule is C[C@@H]1C[C@H]1O. The van der Waals surface area contributed by atoms with Gasteiger partial charge in [0.1, 0.15) is 0 Å². The Morgan fingerprint density at radius 1 is 1.80 bits per heavy atom. The lowest BCUT2D eigenvalue weighted by Gasteiger charge is -1.68. The van der Waals surface area contributed by atoms with Crippen LogP contribution in [0.2, 0.25) is 0 Å². The molecule has 0 unspecified atom stereocenters. The molecule has 2 atom stereocenters. The number of rotatable bonds is 0. The molecule has 0 aliphatic heterocycles. The van der Waals surface area contributed by atoms with Crippen LogP contribution in [-0.2, 0) is 0 Å². The van der Waals surface area contributed by atoms with E-state index in [1.807, 2.05) is 6.92 Å². The van der Waals surface area contributed by atoms with Gasteiger partial charge in [0, 0.05) is 0 Å². The summed E-state index contributed by atoms with van der Waals surface area (Å²) >= 11 is 0. The van der Waals surface area contributed by atoms with E-state index in [0.717, 1.165) is 6.42 Å². The maximum atomic E-state index is 8.44. The fraction of sp³-hybridized carbons (Fsp3) is 1.00. The summed E-state index contributed by atoms with van der Waals surface area (Å²) in [6, 6.07) is 0. The average Bonchev–Trinajstić information content (AvgIpc) is 1.79. The lowest BCUT2D eigenvalue weighted by molar-refractivity contribution is 0.263. The van der Waals surface area contributed by atoms with Crippen molar-refractivity contribution in [2.24, 2.45) is 5.92 Å². The molecule has 0 heterocycles. The first kappa shape index (κ1) is 3.16. The molecule has 0 aromatic heterocycles. The second-order valence-electron chi connectivity index (χ2n) is 1.78. The summed E-state index contributed by atoms with van der Waals surface area (Å²) in [4.78, 5) is 0. The van der Waals surface area contributed by atoms with Crippen molar-refractivity contribution in [2.75, 3.05) is 0 Å². The molecule has 1 heteroatoms. The molecule has 1 nitrogen and oxygen atoms in total. The van der Waals surface area contributed by atoms with Crippen LogP contribution in [0.15, 0.2) is 0 Å². The Morgan fingerprint density at radius 3 is 2.00 bits per heavy atom. The maximum Gasteiger partial charge on any atom is 0.0570 e. The van der Waals surface area contributed by atoms with Crippen LogP contribution in [-0.4, -0.2) is 11.2 Å². The van der Waals surface area contributed by atoms with Crippen molar-refractivity contribution in [1.82, 2.24) is 0 Å². The van der Waals surface area contributed by atoms with Crippen LogP contribution < -0.4 is 0 Å². The van der Waals surface area contributed by atoms with Gasteiger partial charge in [-0.1, -0.05) is 6.92 Å².